The van der Waals surface area contributed by atoms with Gasteiger partial charge in [-0.25, -0.2) is 4.68 Å². The molecule has 0 unspecified atom stereocenters. The lowest BCUT2D eigenvalue weighted by atomic mass is 10.2. The third kappa shape index (κ3) is 3.16. The molecule has 9 heteroatoms. The molecule has 0 bridgehead atoms. The van der Waals surface area contributed by atoms with E-state index in [1.165, 1.54) is 4.68 Å². The van der Waals surface area contributed by atoms with Crippen LogP contribution in [0, 0.1) is 0 Å². The number of halogens is 2. The van der Waals surface area contributed by atoms with Crippen LogP contribution in [0.2, 0.25) is 10.0 Å². The van der Waals surface area contributed by atoms with E-state index < -0.39 is 6.04 Å². The van der Waals surface area contributed by atoms with E-state index in [2.05, 4.69) is 20.7 Å². The van der Waals surface area contributed by atoms with Crippen LogP contribution in [0.15, 0.2) is 18.2 Å². The van der Waals surface area contributed by atoms with Crippen molar-refractivity contribution in [3.8, 4) is 0 Å². The number of aromatic nitrogens is 3. The average Bonchev–Trinajstić information content (AvgIpc) is 3.02. The van der Waals surface area contributed by atoms with Crippen LogP contribution in [0.1, 0.15) is 25.2 Å². The molecule has 120 valence electrons. The Hall–Kier alpha value is -2.12. The van der Waals surface area contributed by atoms with Gasteiger partial charge in [0.2, 0.25) is 11.9 Å². The fourth-order valence-corrected chi connectivity index (χ4v) is 2.61. The van der Waals surface area contributed by atoms with Crippen molar-refractivity contribution in [3.05, 3.63) is 34.1 Å². The standard InChI is InChI=1S/C14H13Cl2N5O2/c1-2-11-18-14-19-13(23)10(21(14)20-11)6-12(22)17-9-5-7(15)3-4-8(9)16/h3-5,10H,2,6H2,1H3,(H,17,22)(H,18,19,20,23)/t10-/m0/s1. The molecule has 23 heavy (non-hydrogen) atoms. The number of carbonyl (C=O) groups is 2. The largest absolute Gasteiger partial charge is 0.325 e. The van der Waals surface area contributed by atoms with E-state index in [1.54, 1.807) is 18.2 Å². The number of aryl methyl sites for hydroxylation is 1. The average molecular weight is 354 g/mol. The summed E-state index contributed by atoms with van der Waals surface area (Å²) in [5.74, 6) is 0.305. The van der Waals surface area contributed by atoms with Crippen molar-refractivity contribution < 1.29 is 9.59 Å². The van der Waals surface area contributed by atoms with Crippen molar-refractivity contribution in [2.24, 2.45) is 0 Å². The second-order valence-corrected chi connectivity index (χ2v) is 5.87. The third-order valence-corrected chi connectivity index (χ3v) is 3.97. The van der Waals surface area contributed by atoms with Crippen LogP contribution >= 0.6 is 23.2 Å². The minimum absolute atomic E-state index is 0.0752. The van der Waals surface area contributed by atoms with Gasteiger partial charge in [-0.1, -0.05) is 30.1 Å². The molecule has 0 radical (unpaired) electrons. The summed E-state index contributed by atoms with van der Waals surface area (Å²) < 4.78 is 1.44. The lowest BCUT2D eigenvalue weighted by molar-refractivity contribution is -0.123. The van der Waals surface area contributed by atoms with Gasteiger partial charge in [-0.3, -0.25) is 14.9 Å². The number of rotatable bonds is 4. The van der Waals surface area contributed by atoms with Crippen LogP contribution in [-0.2, 0) is 16.0 Å². The van der Waals surface area contributed by atoms with Gasteiger partial charge >= 0.3 is 0 Å². The first-order chi connectivity index (χ1) is 11.0. The van der Waals surface area contributed by atoms with Gasteiger partial charge in [-0.15, -0.1) is 0 Å². The Morgan fingerprint density at radius 2 is 2.22 bits per heavy atom. The van der Waals surface area contributed by atoms with Gasteiger partial charge in [0.25, 0.3) is 5.91 Å². The van der Waals surface area contributed by atoms with Crippen LogP contribution in [0.5, 0.6) is 0 Å². The van der Waals surface area contributed by atoms with Crippen molar-refractivity contribution >= 4 is 46.7 Å². The fourth-order valence-electron chi connectivity index (χ4n) is 2.27. The van der Waals surface area contributed by atoms with E-state index in [-0.39, 0.29) is 18.2 Å². The number of anilines is 2. The fraction of sp³-hybridized carbons (Fsp3) is 0.286. The topological polar surface area (TPSA) is 88.9 Å². The van der Waals surface area contributed by atoms with E-state index in [9.17, 15) is 9.59 Å². The normalized spacial score (nSPS) is 16.1. The molecule has 1 aromatic heterocycles. The first-order valence-electron chi connectivity index (χ1n) is 6.99. The Kier molecular flexibility index (Phi) is 4.23. The van der Waals surface area contributed by atoms with Gasteiger partial charge in [-0.2, -0.15) is 10.1 Å². The molecule has 0 aliphatic carbocycles. The maximum absolute atomic E-state index is 12.2. The maximum atomic E-state index is 12.2. The van der Waals surface area contributed by atoms with Gasteiger partial charge in [0.1, 0.15) is 6.04 Å². The van der Waals surface area contributed by atoms with Crippen molar-refractivity contribution in [1.29, 1.82) is 0 Å². The molecule has 7 nitrogen and oxygen atoms in total. The summed E-state index contributed by atoms with van der Waals surface area (Å²) in [4.78, 5) is 28.3. The Morgan fingerprint density at radius 3 is 2.96 bits per heavy atom. The highest BCUT2D eigenvalue weighted by Gasteiger charge is 2.34. The number of benzene rings is 1. The number of hydrogen-bond donors (Lipinski definition) is 2. The van der Waals surface area contributed by atoms with E-state index >= 15 is 0 Å². The van der Waals surface area contributed by atoms with Gasteiger partial charge in [0.15, 0.2) is 5.82 Å². The first kappa shape index (κ1) is 15.8. The molecular weight excluding hydrogens is 341 g/mol. The molecule has 0 fully saturated rings. The Balaban J connectivity index is 1.74. The Bertz CT molecular complexity index is 789. The van der Waals surface area contributed by atoms with E-state index in [4.69, 9.17) is 23.2 Å². The molecule has 1 atom stereocenters. The molecule has 0 spiro atoms. The lowest BCUT2D eigenvalue weighted by Crippen LogP contribution is -2.24. The smallest absolute Gasteiger partial charge is 0.252 e. The number of amides is 2. The molecule has 2 N–H and O–H groups in total. The predicted octanol–water partition coefficient (Wildman–Crippen LogP) is 2.67. The molecular formula is C14H13Cl2N5O2. The zero-order valence-corrected chi connectivity index (χ0v) is 13.6. The lowest BCUT2D eigenvalue weighted by Gasteiger charge is -2.11. The predicted molar refractivity (Wildman–Crippen MR) is 86.8 cm³/mol. The number of carbonyl (C=O) groups excluding carboxylic acids is 2. The van der Waals surface area contributed by atoms with E-state index in [0.717, 1.165) is 0 Å². The number of hydrogen-bond acceptors (Lipinski definition) is 4. The molecule has 0 saturated carbocycles. The Morgan fingerprint density at radius 1 is 1.43 bits per heavy atom. The molecule has 2 heterocycles. The first-order valence-corrected chi connectivity index (χ1v) is 7.74. The summed E-state index contributed by atoms with van der Waals surface area (Å²) in [7, 11) is 0. The van der Waals surface area contributed by atoms with Crippen LogP contribution in [-0.4, -0.2) is 26.6 Å². The minimum Gasteiger partial charge on any atom is -0.325 e. The number of nitrogens with zero attached hydrogens (tertiary/aromatic N) is 3. The monoisotopic (exact) mass is 353 g/mol. The SMILES string of the molecule is CCc1nc2n(n1)[C@@H](CC(=O)Nc1cc(Cl)ccc1Cl)C(=O)N2. The number of nitrogens with one attached hydrogen (secondary N) is 2. The summed E-state index contributed by atoms with van der Waals surface area (Å²) in [6.07, 6.45) is 0.571. The molecule has 2 aromatic rings. The quantitative estimate of drug-likeness (QED) is 0.884. The number of fused-ring (bicyclic) bond motifs is 1. The Labute approximate surface area is 142 Å². The van der Waals surface area contributed by atoms with E-state index in [1.807, 2.05) is 6.92 Å². The third-order valence-electron chi connectivity index (χ3n) is 3.41. The van der Waals surface area contributed by atoms with Crippen molar-refractivity contribution in [2.45, 2.75) is 25.8 Å². The zero-order valence-electron chi connectivity index (χ0n) is 12.1. The summed E-state index contributed by atoms with van der Waals surface area (Å²) >= 11 is 11.9. The summed E-state index contributed by atoms with van der Waals surface area (Å²) in [6, 6.07) is 4.03. The summed E-state index contributed by atoms with van der Waals surface area (Å²) in [5.41, 5.74) is 0.399. The van der Waals surface area contributed by atoms with Crippen molar-refractivity contribution in [1.82, 2.24) is 14.8 Å². The van der Waals surface area contributed by atoms with Crippen LogP contribution in [0.25, 0.3) is 0 Å². The summed E-state index contributed by atoms with van der Waals surface area (Å²) in [5, 5.41) is 10.3. The molecule has 3 rings (SSSR count). The molecule has 0 saturated heterocycles. The summed E-state index contributed by atoms with van der Waals surface area (Å²) in [6.45, 7) is 1.91. The van der Waals surface area contributed by atoms with Crippen LogP contribution in [0.4, 0.5) is 11.6 Å². The van der Waals surface area contributed by atoms with Crippen LogP contribution < -0.4 is 10.6 Å². The highest BCUT2D eigenvalue weighted by molar-refractivity contribution is 6.35. The molecule has 1 aliphatic heterocycles. The van der Waals surface area contributed by atoms with Gasteiger partial charge in [0, 0.05) is 11.4 Å². The van der Waals surface area contributed by atoms with Crippen LogP contribution in [0.3, 0.4) is 0 Å². The van der Waals surface area contributed by atoms with Gasteiger partial charge < -0.3 is 5.32 Å². The minimum atomic E-state index is -0.726. The van der Waals surface area contributed by atoms with Crippen molar-refractivity contribution in [2.75, 3.05) is 10.6 Å². The zero-order chi connectivity index (χ0) is 16.6. The van der Waals surface area contributed by atoms with E-state index in [0.29, 0.717) is 33.9 Å². The highest BCUT2D eigenvalue weighted by atomic mass is 35.5. The molecule has 2 amide bonds. The van der Waals surface area contributed by atoms with Crippen molar-refractivity contribution in [3.63, 3.8) is 0 Å². The van der Waals surface area contributed by atoms with Gasteiger partial charge in [0.05, 0.1) is 17.1 Å². The second kappa shape index (κ2) is 6.17. The van der Waals surface area contributed by atoms with Gasteiger partial charge in [-0.05, 0) is 18.2 Å². The maximum Gasteiger partial charge on any atom is 0.252 e. The molecule has 1 aliphatic rings. The highest BCUT2D eigenvalue weighted by Crippen LogP contribution is 2.28. The second-order valence-electron chi connectivity index (χ2n) is 5.03. The molecule has 1 aromatic carbocycles.